The van der Waals surface area contributed by atoms with Crippen LogP contribution >= 0.6 is 0 Å². The number of hydrogen-bond donors (Lipinski definition) is 8. The SMILES string of the molecule is OC[C@H]1O[C@H](O)[C@H](O)[C@@H](O)[C@@H]1O[C@@H]1O[C@H](CONCc2ccc3c(c2)OCO3)[C@H](O)[C@H](O)[C@H]1O. The molecule has 2 fully saturated rings. The molecular formula is C20H29NO13. The first-order chi connectivity index (χ1) is 16.3. The summed E-state index contributed by atoms with van der Waals surface area (Å²) in [5.74, 6) is 1.25. The number of rotatable bonds is 8. The highest BCUT2D eigenvalue weighted by molar-refractivity contribution is 5.44. The van der Waals surface area contributed by atoms with E-state index in [0.717, 1.165) is 5.56 Å². The van der Waals surface area contributed by atoms with E-state index in [4.69, 9.17) is 28.5 Å². The number of ether oxygens (including phenoxy) is 5. The van der Waals surface area contributed by atoms with Gasteiger partial charge >= 0.3 is 0 Å². The Morgan fingerprint density at radius 3 is 2.38 bits per heavy atom. The Labute approximate surface area is 193 Å². The van der Waals surface area contributed by atoms with Crippen LogP contribution in [-0.4, -0.2) is 117 Å². The maximum Gasteiger partial charge on any atom is 0.231 e. The summed E-state index contributed by atoms with van der Waals surface area (Å²) in [6, 6.07) is 5.33. The van der Waals surface area contributed by atoms with Crippen LogP contribution in [0.4, 0.5) is 0 Å². The van der Waals surface area contributed by atoms with Crippen molar-refractivity contribution < 1.29 is 64.3 Å². The molecule has 3 aliphatic heterocycles. The first kappa shape index (κ1) is 25.4. The van der Waals surface area contributed by atoms with Crippen molar-refractivity contribution >= 4 is 0 Å². The van der Waals surface area contributed by atoms with E-state index in [-0.39, 0.29) is 19.9 Å². The number of hydrogen-bond acceptors (Lipinski definition) is 14. The van der Waals surface area contributed by atoms with E-state index < -0.39 is 68.0 Å². The van der Waals surface area contributed by atoms with Crippen LogP contribution in [-0.2, 0) is 25.6 Å². The molecule has 1 aromatic rings. The van der Waals surface area contributed by atoms with Gasteiger partial charge in [0.1, 0.15) is 48.8 Å². The van der Waals surface area contributed by atoms with E-state index >= 15 is 0 Å². The van der Waals surface area contributed by atoms with Gasteiger partial charge in [0, 0.05) is 6.54 Å². The molecule has 0 unspecified atom stereocenters. The van der Waals surface area contributed by atoms with Crippen LogP contribution in [0.5, 0.6) is 11.5 Å². The molecule has 3 heterocycles. The molecular weight excluding hydrogens is 462 g/mol. The molecule has 34 heavy (non-hydrogen) atoms. The maximum atomic E-state index is 10.3. The van der Waals surface area contributed by atoms with Crippen LogP contribution in [0.25, 0.3) is 0 Å². The molecule has 0 bridgehead atoms. The number of fused-ring (bicyclic) bond motifs is 1. The van der Waals surface area contributed by atoms with Crippen molar-refractivity contribution in [3.05, 3.63) is 23.8 Å². The van der Waals surface area contributed by atoms with Gasteiger partial charge in [-0.05, 0) is 17.7 Å². The summed E-state index contributed by atoms with van der Waals surface area (Å²) in [4.78, 5) is 5.34. The Balaban J connectivity index is 1.32. The molecule has 0 radical (unpaired) electrons. The Bertz CT molecular complexity index is 813. The molecule has 0 aliphatic carbocycles. The fourth-order valence-electron chi connectivity index (χ4n) is 3.88. The highest BCUT2D eigenvalue weighted by Crippen LogP contribution is 2.32. The van der Waals surface area contributed by atoms with Crippen molar-refractivity contribution in [2.75, 3.05) is 20.0 Å². The van der Waals surface area contributed by atoms with Gasteiger partial charge in [0.05, 0.1) is 13.2 Å². The minimum absolute atomic E-state index is 0.152. The number of hydroxylamine groups is 1. The van der Waals surface area contributed by atoms with Crippen LogP contribution in [0, 0.1) is 0 Å². The van der Waals surface area contributed by atoms with Gasteiger partial charge in [0.2, 0.25) is 6.79 Å². The number of nitrogens with one attached hydrogen (secondary N) is 1. The fraction of sp³-hybridized carbons (Fsp3) is 0.700. The second kappa shape index (κ2) is 10.9. The summed E-state index contributed by atoms with van der Waals surface area (Å²) in [5, 5.41) is 69.9. The van der Waals surface area contributed by atoms with Gasteiger partial charge in [0.25, 0.3) is 0 Å². The van der Waals surface area contributed by atoms with E-state index in [2.05, 4.69) is 5.48 Å². The fourth-order valence-corrected chi connectivity index (χ4v) is 3.88. The van der Waals surface area contributed by atoms with E-state index in [9.17, 15) is 35.7 Å². The van der Waals surface area contributed by atoms with Crippen LogP contribution in [0.2, 0.25) is 0 Å². The lowest BCUT2D eigenvalue weighted by Gasteiger charge is -2.45. The zero-order chi connectivity index (χ0) is 24.4. The molecule has 192 valence electrons. The quantitative estimate of drug-likeness (QED) is 0.129. The molecule has 10 atom stereocenters. The lowest BCUT2D eigenvalue weighted by atomic mass is 9.97. The lowest BCUT2D eigenvalue weighted by molar-refractivity contribution is -0.356. The van der Waals surface area contributed by atoms with E-state index in [1.807, 2.05) is 0 Å². The third-order valence-electron chi connectivity index (χ3n) is 5.86. The van der Waals surface area contributed by atoms with Crippen molar-refractivity contribution in [2.24, 2.45) is 0 Å². The Morgan fingerprint density at radius 1 is 0.853 bits per heavy atom. The second-order valence-corrected chi connectivity index (χ2v) is 8.16. The van der Waals surface area contributed by atoms with Crippen molar-refractivity contribution in [1.29, 1.82) is 0 Å². The molecule has 14 nitrogen and oxygen atoms in total. The van der Waals surface area contributed by atoms with Crippen molar-refractivity contribution in [1.82, 2.24) is 5.48 Å². The predicted molar refractivity (Wildman–Crippen MR) is 107 cm³/mol. The maximum absolute atomic E-state index is 10.3. The van der Waals surface area contributed by atoms with Crippen LogP contribution < -0.4 is 15.0 Å². The summed E-state index contributed by atoms with van der Waals surface area (Å²) in [6.45, 7) is -0.520. The Kier molecular flexibility index (Phi) is 8.19. The Morgan fingerprint density at radius 2 is 1.62 bits per heavy atom. The number of aliphatic hydroxyl groups excluding tert-OH is 7. The van der Waals surface area contributed by atoms with E-state index in [0.29, 0.717) is 11.5 Å². The topological polar surface area (TPSA) is 209 Å². The smallest absolute Gasteiger partial charge is 0.231 e. The Hall–Kier alpha value is -1.66. The zero-order valence-electron chi connectivity index (χ0n) is 17.9. The zero-order valence-corrected chi connectivity index (χ0v) is 17.9. The lowest BCUT2D eigenvalue weighted by Crippen LogP contribution is -2.64. The molecule has 0 aromatic heterocycles. The van der Waals surface area contributed by atoms with Crippen molar-refractivity contribution in [3.63, 3.8) is 0 Å². The van der Waals surface area contributed by atoms with Crippen LogP contribution in [0.3, 0.4) is 0 Å². The van der Waals surface area contributed by atoms with Gasteiger partial charge in [-0.15, -0.1) is 0 Å². The highest BCUT2D eigenvalue weighted by atomic mass is 16.7. The van der Waals surface area contributed by atoms with Gasteiger partial charge < -0.3 is 59.4 Å². The third kappa shape index (κ3) is 5.28. The molecule has 2 saturated heterocycles. The van der Waals surface area contributed by atoms with Crippen LogP contribution in [0.1, 0.15) is 5.56 Å². The molecule has 4 rings (SSSR count). The molecule has 0 amide bonds. The standard InChI is InChI=1S/C20H29NO13/c22-5-11-18(15(25)16(26)19(28)32-11)34-20-17(27)14(24)13(23)12(33-20)6-31-21-4-8-1-2-9-10(3-8)30-7-29-9/h1-3,11-28H,4-7H2/t11-,12-,13+,14+,15-,16-,17-,18-,19+,20+/m1/s1. The normalized spacial score (nSPS) is 39.9. The van der Waals surface area contributed by atoms with Gasteiger partial charge in [-0.2, -0.15) is 5.48 Å². The predicted octanol–water partition coefficient (Wildman–Crippen LogP) is -3.94. The highest BCUT2D eigenvalue weighted by Gasteiger charge is 2.50. The molecule has 8 N–H and O–H groups in total. The summed E-state index contributed by atoms with van der Waals surface area (Å²) in [5.41, 5.74) is 3.52. The summed E-state index contributed by atoms with van der Waals surface area (Å²) in [7, 11) is 0. The summed E-state index contributed by atoms with van der Waals surface area (Å²) in [6.07, 6.45) is -15.6. The molecule has 0 saturated carbocycles. The minimum Gasteiger partial charge on any atom is -0.454 e. The van der Waals surface area contributed by atoms with Gasteiger partial charge in [-0.25, -0.2) is 0 Å². The first-order valence-electron chi connectivity index (χ1n) is 10.7. The van der Waals surface area contributed by atoms with Gasteiger partial charge in [-0.3, -0.25) is 4.84 Å². The third-order valence-corrected chi connectivity index (χ3v) is 5.86. The average molecular weight is 491 g/mol. The minimum atomic E-state index is -1.76. The molecule has 3 aliphatic rings. The summed E-state index contributed by atoms with van der Waals surface area (Å²) < 4.78 is 26.6. The van der Waals surface area contributed by atoms with Crippen LogP contribution in [0.15, 0.2) is 18.2 Å². The largest absolute Gasteiger partial charge is 0.454 e. The molecule has 14 heteroatoms. The number of benzene rings is 1. The van der Waals surface area contributed by atoms with Gasteiger partial charge in [0.15, 0.2) is 24.1 Å². The average Bonchev–Trinajstić information content (AvgIpc) is 3.30. The van der Waals surface area contributed by atoms with E-state index in [1.165, 1.54) is 0 Å². The second-order valence-electron chi connectivity index (χ2n) is 8.16. The van der Waals surface area contributed by atoms with E-state index in [1.54, 1.807) is 18.2 Å². The molecule has 1 aromatic carbocycles. The first-order valence-corrected chi connectivity index (χ1v) is 10.7. The van der Waals surface area contributed by atoms with Gasteiger partial charge in [-0.1, -0.05) is 6.07 Å². The summed E-state index contributed by atoms with van der Waals surface area (Å²) >= 11 is 0. The van der Waals surface area contributed by atoms with Crippen molar-refractivity contribution in [2.45, 2.75) is 68.0 Å². The monoisotopic (exact) mass is 491 g/mol. The number of aliphatic hydroxyl groups is 7. The molecule has 0 spiro atoms. The van der Waals surface area contributed by atoms with Crippen molar-refractivity contribution in [3.8, 4) is 11.5 Å².